The molecule has 2 heterocycles. The van der Waals surface area contributed by atoms with Gasteiger partial charge in [0, 0.05) is 56.1 Å². The fourth-order valence-corrected chi connectivity index (χ4v) is 9.44. The standard InChI is InChI=1S/C51H39N3/c1-32-26-27-36(45-31-44(35-16-3-2-4-17-35)52-51(53-45)42-24-13-18-33-14-5-7-19-37(33)42)30-47(32)54-46-25-12-11-23-43(46)49-48-38-20-8-6-15-34(38)28-29-40(48)39-21-9-10-22-41(39)50(49)54/h2-25,27-32,45,51-53H,26H2,1H3/p+1. The number of nitrogens with one attached hydrogen (secondary N) is 1. The maximum Gasteiger partial charge on any atom is 0.187 e. The number of nitrogens with two attached hydrogens (primary N) is 1. The molecule has 0 spiro atoms. The summed E-state index contributed by atoms with van der Waals surface area (Å²) in [5.74, 6) is 0.336. The Kier molecular flexibility index (Phi) is 7.11. The van der Waals surface area contributed by atoms with E-state index in [0.29, 0.717) is 5.92 Å². The first-order chi connectivity index (χ1) is 26.7. The highest BCUT2D eigenvalue weighted by Gasteiger charge is 2.32. The Hall–Kier alpha value is -6.42. The average Bonchev–Trinajstić information content (AvgIpc) is 3.59. The van der Waals surface area contributed by atoms with Crippen LogP contribution in [0.3, 0.4) is 0 Å². The van der Waals surface area contributed by atoms with Crippen molar-refractivity contribution in [1.82, 2.24) is 9.88 Å². The van der Waals surface area contributed by atoms with E-state index in [4.69, 9.17) is 0 Å². The zero-order chi connectivity index (χ0) is 35.8. The van der Waals surface area contributed by atoms with Crippen LogP contribution in [0.5, 0.6) is 0 Å². The van der Waals surface area contributed by atoms with Crippen LogP contribution < -0.4 is 10.6 Å². The van der Waals surface area contributed by atoms with Crippen LogP contribution in [0.4, 0.5) is 0 Å². The Morgan fingerprint density at radius 3 is 2.07 bits per heavy atom. The number of hydrogen-bond donors (Lipinski definition) is 2. The maximum atomic E-state index is 3.95. The molecule has 0 saturated carbocycles. The van der Waals surface area contributed by atoms with Gasteiger partial charge in [0.05, 0.1) is 11.0 Å². The number of nitrogens with zero attached hydrogens (tertiary/aromatic N) is 1. The number of quaternary nitrogens is 1. The Balaban J connectivity index is 1.14. The van der Waals surface area contributed by atoms with E-state index in [2.05, 4.69) is 198 Å². The Morgan fingerprint density at radius 2 is 1.24 bits per heavy atom. The second-order valence-electron chi connectivity index (χ2n) is 15.1. The molecule has 8 aromatic carbocycles. The van der Waals surface area contributed by atoms with Gasteiger partial charge in [0.15, 0.2) is 6.17 Å². The molecule has 9 aromatic rings. The molecule has 0 amide bonds. The number of benzene rings is 8. The number of fused-ring (bicyclic) bond motifs is 11. The van der Waals surface area contributed by atoms with Crippen molar-refractivity contribution in [3.05, 3.63) is 193 Å². The summed E-state index contributed by atoms with van der Waals surface area (Å²) < 4.78 is 2.62. The molecule has 1 aliphatic heterocycles. The van der Waals surface area contributed by atoms with Gasteiger partial charge < -0.3 is 15.2 Å². The third-order valence-electron chi connectivity index (χ3n) is 12.0. The van der Waals surface area contributed by atoms with Crippen LogP contribution in [-0.2, 0) is 0 Å². The lowest BCUT2D eigenvalue weighted by molar-refractivity contribution is -0.717. The molecule has 3 nitrogen and oxygen atoms in total. The molecule has 11 rings (SSSR count). The summed E-state index contributed by atoms with van der Waals surface area (Å²) in [6.07, 6.45) is 8.49. The van der Waals surface area contributed by atoms with E-state index in [9.17, 15) is 0 Å². The molecule has 0 saturated heterocycles. The van der Waals surface area contributed by atoms with E-state index in [1.54, 1.807) is 0 Å². The summed E-state index contributed by atoms with van der Waals surface area (Å²) in [5, 5.41) is 19.5. The van der Waals surface area contributed by atoms with Crippen molar-refractivity contribution < 1.29 is 5.32 Å². The fraction of sp³-hybridized carbons (Fsp3) is 0.0980. The molecule has 54 heavy (non-hydrogen) atoms. The normalized spacial score (nSPS) is 19.0. The first-order valence-electron chi connectivity index (χ1n) is 19.2. The largest absolute Gasteiger partial charge is 0.332 e. The van der Waals surface area contributed by atoms with Gasteiger partial charge in [-0.3, -0.25) is 0 Å². The predicted octanol–water partition coefficient (Wildman–Crippen LogP) is 11.5. The third kappa shape index (κ3) is 4.79. The number of hydrogen-bond acceptors (Lipinski definition) is 1. The molecule has 258 valence electrons. The maximum absolute atomic E-state index is 3.95. The molecule has 3 unspecified atom stereocenters. The zero-order valence-electron chi connectivity index (χ0n) is 30.2. The Morgan fingerprint density at radius 1 is 0.574 bits per heavy atom. The zero-order valence-corrected chi connectivity index (χ0v) is 30.2. The molecule has 2 aliphatic rings. The van der Waals surface area contributed by atoms with Gasteiger partial charge in [-0.05, 0) is 56.4 Å². The minimum Gasteiger partial charge on any atom is -0.332 e. The summed E-state index contributed by atoms with van der Waals surface area (Å²) in [7, 11) is 0. The minimum absolute atomic E-state index is 0.0511. The number of para-hydroxylation sites is 1. The molecule has 0 radical (unpaired) electrons. The van der Waals surface area contributed by atoms with Crippen LogP contribution in [-0.4, -0.2) is 10.6 Å². The number of aromatic nitrogens is 1. The second kappa shape index (κ2) is 12.3. The van der Waals surface area contributed by atoms with E-state index < -0.39 is 0 Å². The van der Waals surface area contributed by atoms with E-state index in [0.717, 1.165) is 6.42 Å². The van der Waals surface area contributed by atoms with Gasteiger partial charge in [-0.25, -0.2) is 0 Å². The highest BCUT2D eigenvalue weighted by Crippen LogP contribution is 2.46. The summed E-state index contributed by atoms with van der Waals surface area (Å²) >= 11 is 0. The van der Waals surface area contributed by atoms with Crippen LogP contribution in [0.25, 0.3) is 76.3 Å². The quantitative estimate of drug-likeness (QED) is 0.177. The Bertz CT molecular complexity index is 3050. The molecule has 3 N–H and O–H groups in total. The monoisotopic (exact) mass is 694 g/mol. The highest BCUT2D eigenvalue weighted by molar-refractivity contribution is 6.37. The highest BCUT2D eigenvalue weighted by atomic mass is 15.2. The molecular formula is C51H40N3+. The Labute approximate surface area is 314 Å². The summed E-state index contributed by atoms with van der Waals surface area (Å²) in [6, 6.07) is 58.0. The predicted molar refractivity (Wildman–Crippen MR) is 228 cm³/mol. The summed E-state index contributed by atoms with van der Waals surface area (Å²) in [4.78, 5) is 0. The molecular weight excluding hydrogens is 655 g/mol. The van der Waals surface area contributed by atoms with Crippen molar-refractivity contribution in [3.63, 3.8) is 0 Å². The molecule has 3 atom stereocenters. The first kappa shape index (κ1) is 31.1. The number of rotatable bonds is 4. The third-order valence-corrected chi connectivity index (χ3v) is 12.0. The molecule has 1 aromatic heterocycles. The second-order valence-corrected chi connectivity index (χ2v) is 15.1. The molecule has 0 fully saturated rings. The summed E-state index contributed by atoms with van der Waals surface area (Å²) in [5.41, 5.74) is 8.97. The van der Waals surface area contributed by atoms with E-state index >= 15 is 0 Å². The van der Waals surface area contributed by atoms with Crippen molar-refractivity contribution in [3.8, 4) is 0 Å². The smallest absolute Gasteiger partial charge is 0.187 e. The van der Waals surface area contributed by atoms with Crippen LogP contribution in [0.2, 0.25) is 0 Å². The van der Waals surface area contributed by atoms with Gasteiger partial charge in [0.25, 0.3) is 0 Å². The van der Waals surface area contributed by atoms with Crippen molar-refractivity contribution >= 4 is 76.3 Å². The first-order valence-corrected chi connectivity index (χ1v) is 19.2. The summed E-state index contributed by atoms with van der Waals surface area (Å²) in [6.45, 7) is 2.40. The van der Waals surface area contributed by atoms with Crippen molar-refractivity contribution in [1.29, 1.82) is 0 Å². The molecule has 1 aliphatic carbocycles. The average molecular weight is 695 g/mol. The van der Waals surface area contributed by atoms with Gasteiger partial charge in [0.2, 0.25) is 0 Å². The number of allylic oxidation sites excluding steroid dienone is 2. The van der Waals surface area contributed by atoms with Crippen LogP contribution in [0.15, 0.2) is 182 Å². The van der Waals surface area contributed by atoms with Crippen LogP contribution in [0.1, 0.15) is 30.6 Å². The van der Waals surface area contributed by atoms with Crippen LogP contribution in [0, 0.1) is 5.92 Å². The topological polar surface area (TPSA) is 33.6 Å². The van der Waals surface area contributed by atoms with E-state index in [1.165, 1.54) is 93.0 Å². The minimum atomic E-state index is 0.0511. The molecule has 0 bridgehead atoms. The van der Waals surface area contributed by atoms with E-state index in [-0.39, 0.29) is 12.2 Å². The lowest BCUT2D eigenvalue weighted by Crippen LogP contribution is -2.94. The van der Waals surface area contributed by atoms with Crippen LogP contribution >= 0.6 is 0 Å². The van der Waals surface area contributed by atoms with Gasteiger partial charge in [-0.1, -0.05) is 165 Å². The van der Waals surface area contributed by atoms with E-state index in [1.807, 2.05) is 0 Å². The fourth-order valence-electron chi connectivity index (χ4n) is 9.44. The van der Waals surface area contributed by atoms with Gasteiger partial charge in [-0.2, -0.15) is 0 Å². The molecule has 3 heteroatoms. The van der Waals surface area contributed by atoms with Crippen molar-refractivity contribution in [2.75, 3.05) is 0 Å². The van der Waals surface area contributed by atoms with Gasteiger partial charge in [-0.15, -0.1) is 0 Å². The SMILES string of the molecule is CC1CC=C(C2C=C(c3ccccc3)NC(c3cccc4ccccc34)[NH2+]2)C=C1n1c2ccccc2c2c3c4ccccc4ccc3c3ccccc3c21. The van der Waals surface area contributed by atoms with Gasteiger partial charge >= 0.3 is 0 Å². The lowest BCUT2D eigenvalue weighted by atomic mass is 9.88. The van der Waals surface area contributed by atoms with Crippen molar-refractivity contribution in [2.45, 2.75) is 25.6 Å². The lowest BCUT2D eigenvalue weighted by Gasteiger charge is -2.32. The van der Waals surface area contributed by atoms with Crippen molar-refractivity contribution in [2.24, 2.45) is 5.92 Å². The van der Waals surface area contributed by atoms with Gasteiger partial charge in [0.1, 0.15) is 6.04 Å².